The van der Waals surface area contributed by atoms with Gasteiger partial charge in [0.15, 0.2) is 5.82 Å². The molecule has 7 nitrogen and oxygen atoms in total. The van der Waals surface area contributed by atoms with Crippen LogP contribution >= 0.6 is 23.2 Å². The van der Waals surface area contributed by atoms with Gasteiger partial charge >= 0.3 is 18.9 Å². The van der Waals surface area contributed by atoms with Gasteiger partial charge in [0.2, 0.25) is 5.28 Å². The Labute approximate surface area is 143 Å². The van der Waals surface area contributed by atoms with E-state index in [4.69, 9.17) is 32.7 Å². The maximum Gasteiger partial charge on any atom is 1.00 e. The maximum absolute atomic E-state index is 10.9. The smallest absolute Gasteiger partial charge is 0.543 e. The fourth-order valence-corrected chi connectivity index (χ4v) is 1.85. The van der Waals surface area contributed by atoms with Crippen LogP contribution in [-0.2, 0) is 9.47 Å². The van der Waals surface area contributed by atoms with Gasteiger partial charge < -0.3 is 24.7 Å². The summed E-state index contributed by atoms with van der Waals surface area (Å²) < 4.78 is 10.4. The normalized spacial score (nSPS) is 17.8. The molecule has 1 saturated heterocycles. The summed E-state index contributed by atoms with van der Waals surface area (Å²) in [6, 6.07) is -0.146. The number of rotatable bonds is 7. The van der Waals surface area contributed by atoms with Crippen molar-refractivity contribution in [3.05, 3.63) is 16.0 Å². The molecule has 1 aromatic rings. The van der Waals surface area contributed by atoms with Crippen LogP contribution in [0.15, 0.2) is 0 Å². The molecule has 0 saturated carbocycles. The van der Waals surface area contributed by atoms with Crippen molar-refractivity contribution in [3.8, 4) is 0 Å². The Kier molecular flexibility index (Phi) is 7.20. The van der Waals surface area contributed by atoms with Gasteiger partial charge in [-0.2, -0.15) is 4.98 Å². The molecular formula is C11H12Cl2LiN3O4. The Morgan fingerprint density at radius 2 is 2.24 bits per heavy atom. The number of epoxide rings is 1. The molecule has 0 spiro atoms. The van der Waals surface area contributed by atoms with E-state index in [9.17, 15) is 9.90 Å². The topological polar surface area (TPSA) is 99.7 Å². The number of carbonyl (C=O) groups excluding carboxylic acids is 1. The Bertz CT molecular complexity index is 516. The predicted octanol–water partition coefficient (Wildman–Crippen LogP) is -2.63. The first-order valence-electron chi connectivity index (χ1n) is 5.87. The summed E-state index contributed by atoms with van der Waals surface area (Å²) in [5.74, 6) is -1.39. The second-order valence-electron chi connectivity index (χ2n) is 4.33. The number of carbonyl (C=O) groups is 1. The molecule has 1 fully saturated rings. The van der Waals surface area contributed by atoms with Crippen LogP contribution in [0.2, 0.25) is 10.3 Å². The van der Waals surface area contributed by atoms with Gasteiger partial charge in [0, 0.05) is 6.04 Å². The minimum absolute atomic E-state index is 0. The molecular weight excluding hydrogens is 316 g/mol. The summed E-state index contributed by atoms with van der Waals surface area (Å²) >= 11 is 11.5. The number of halogens is 2. The Morgan fingerprint density at radius 1 is 1.57 bits per heavy atom. The zero-order valence-electron chi connectivity index (χ0n) is 11.6. The summed E-state index contributed by atoms with van der Waals surface area (Å²) in [6.07, 6.45) is 0.184. The van der Waals surface area contributed by atoms with Crippen molar-refractivity contribution < 1.29 is 38.2 Å². The largest absolute Gasteiger partial charge is 1.00 e. The molecule has 2 heterocycles. The second kappa shape index (κ2) is 8.18. The number of nitrogens with zero attached hydrogens (tertiary/aromatic N) is 2. The zero-order valence-corrected chi connectivity index (χ0v) is 13.1. The van der Waals surface area contributed by atoms with Crippen molar-refractivity contribution in [1.29, 1.82) is 0 Å². The Morgan fingerprint density at radius 3 is 2.81 bits per heavy atom. The number of carboxylic acid groups (broad SMARTS) is 1. The van der Waals surface area contributed by atoms with Crippen LogP contribution in [0, 0.1) is 0 Å². The van der Waals surface area contributed by atoms with Crippen LogP contribution in [0.1, 0.15) is 17.4 Å². The molecule has 21 heavy (non-hydrogen) atoms. The molecule has 0 aliphatic carbocycles. The average molecular weight is 328 g/mol. The number of aromatic carboxylic acids is 1. The van der Waals surface area contributed by atoms with E-state index in [1.807, 2.05) is 6.92 Å². The third-order valence-electron chi connectivity index (χ3n) is 2.47. The van der Waals surface area contributed by atoms with E-state index in [0.717, 1.165) is 6.61 Å². The van der Waals surface area contributed by atoms with Crippen LogP contribution < -0.4 is 29.3 Å². The van der Waals surface area contributed by atoms with Crippen LogP contribution in [-0.4, -0.2) is 47.9 Å². The van der Waals surface area contributed by atoms with Gasteiger partial charge in [-0.15, -0.1) is 0 Å². The molecule has 1 N–H and O–H groups in total. The number of anilines is 1. The molecule has 1 unspecified atom stereocenters. The average Bonchev–Trinajstić information content (AvgIpc) is 3.17. The maximum atomic E-state index is 10.9. The quantitative estimate of drug-likeness (QED) is 0.332. The molecule has 1 aliphatic heterocycles. The van der Waals surface area contributed by atoms with Crippen molar-refractivity contribution in [2.24, 2.45) is 0 Å². The molecule has 1 aliphatic rings. The van der Waals surface area contributed by atoms with E-state index in [1.54, 1.807) is 0 Å². The summed E-state index contributed by atoms with van der Waals surface area (Å²) in [7, 11) is 0. The summed E-state index contributed by atoms with van der Waals surface area (Å²) in [4.78, 5) is 18.2. The minimum Gasteiger partial charge on any atom is -0.543 e. The fraction of sp³-hybridized carbons (Fsp3) is 0.545. The predicted molar refractivity (Wildman–Crippen MR) is 70.0 cm³/mol. The Hall–Kier alpha value is -0.553. The monoisotopic (exact) mass is 327 g/mol. The van der Waals surface area contributed by atoms with Crippen LogP contribution in [0.5, 0.6) is 0 Å². The standard InChI is InChI=1S/C11H13Cl2N3O4.Li/c1-5(2-19-3-6-4-20-6)14-9-7(12)8(10(17)18)15-11(13)16-9;/h5-6H,2-4H2,1H3,(H,17,18)(H,14,15,16);/q;+1/p-1/t5-,6?;/m0./s1. The van der Waals surface area contributed by atoms with E-state index in [0.29, 0.717) is 13.2 Å². The third-order valence-corrected chi connectivity index (χ3v) is 3.00. The number of aromatic nitrogens is 2. The first-order chi connectivity index (χ1) is 9.47. The van der Waals surface area contributed by atoms with E-state index in [2.05, 4.69) is 15.3 Å². The number of hydrogen-bond donors (Lipinski definition) is 1. The number of nitrogens with one attached hydrogen (secondary N) is 1. The third kappa shape index (κ3) is 5.62. The van der Waals surface area contributed by atoms with Gasteiger partial charge in [0.05, 0.1) is 25.8 Å². The fourth-order valence-electron chi connectivity index (χ4n) is 1.47. The van der Waals surface area contributed by atoms with Gasteiger partial charge in [-0.05, 0) is 18.5 Å². The van der Waals surface area contributed by atoms with E-state index >= 15 is 0 Å². The molecule has 1 aromatic heterocycles. The molecule has 2 atom stereocenters. The summed E-state index contributed by atoms with van der Waals surface area (Å²) in [5.41, 5.74) is -0.450. The summed E-state index contributed by atoms with van der Waals surface area (Å²) in [6.45, 7) is 3.47. The van der Waals surface area contributed by atoms with Crippen molar-refractivity contribution >= 4 is 35.0 Å². The minimum atomic E-state index is -1.52. The first kappa shape index (κ1) is 18.5. The number of ether oxygens (including phenoxy) is 2. The SMILES string of the molecule is C[C@@H](COCC1CO1)Nc1nc(Cl)nc(C(=O)[O-])c1Cl.[Li+]. The number of carboxylic acids is 1. The van der Waals surface area contributed by atoms with Gasteiger partial charge in [-0.1, -0.05) is 11.6 Å². The van der Waals surface area contributed by atoms with Crippen LogP contribution in [0.4, 0.5) is 5.82 Å². The van der Waals surface area contributed by atoms with Gasteiger partial charge in [-0.3, -0.25) is 0 Å². The van der Waals surface area contributed by atoms with E-state index in [1.165, 1.54) is 0 Å². The van der Waals surface area contributed by atoms with Gasteiger partial charge in [0.25, 0.3) is 0 Å². The zero-order chi connectivity index (χ0) is 14.7. The molecule has 10 heteroatoms. The Balaban J connectivity index is 0.00000220. The molecule has 0 radical (unpaired) electrons. The van der Waals surface area contributed by atoms with Gasteiger partial charge in [-0.25, -0.2) is 4.98 Å². The van der Waals surface area contributed by atoms with Crippen molar-refractivity contribution in [2.45, 2.75) is 19.1 Å². The molecule has 110 valence electrons. The number of hydrogen-bond acceptors (Lipinski definition) is 7. The molecule has 0 amide bonds. The summed E-state index contributed by atoms with van der Waals surface area (Å²) in [5, 5.41) is 13.4. The van der Waals surface area contributed by atoms with Crippen molar-refractivity contribution in [2.75, 3.05) is 25.1 Å². The van der Waals surface area contributed by atoms with Crippen molar-refractivity contribution in [1.82, 2.24) is 9.97 Å². The molecule has 2 rings (SSSR count). The first-order valence-corrected chi connectivity index (χ1v) is 6.63. The molecule has 0 aromatic carbocycles. The van der Waals surface area contributed by atoms with E-state index in [-0.39, 0.29) is 47.1 Å². The van der Waals surface area contributed by atoms with Crippen LogP contribution in [0.25, 0.3) is 0 Å². The van der Waals surface area contributed by atoms with Gasteiger partial charge in [0.1, 0.15) is 16.8 Å². The van der Waals surface area contributed by atoms with Crippen molar-refractivity contribution in [3.63, 3.8) is 0 Å². The second-order valence-corrected chi connectivity index (χ2v) is 5.05. The van der Waals surface area contributed by atoms with E-state index < -0.39 is 11.7 Å². The molecule has 0 bridgehead atoms. The van der Waals surface area contributed by atoms with Crippen LogP contribution in [0.3, 0.4) is 0 Å².